The Morgan fingerprint density at radius 3 is 0.971 bits per heavy atom. The summed E-state index contributed by atoms with van der Waals surface area (Å²) in [6.07, 6.45) is 80.3. The lowest BCUT2D eigenvalue weighted by Gasteiger charge is -2.15. The second kappa shape index (κ2) is 58.7. The van der Waals surface area contributed by atoms with E-state index in [4.69, 9.17) is 9.47 Å². The van der Waals surface area contributed by atoms with Gasteiger partial charge < -0.3 is 14.6 Å². The summed E-state index contributed by atoms with van der Waals surface area (Å²) < 4.78 is 10.7. The van der Waals surface area contributed by atoms with Crippen molar-refractivity contribution in [1.82, 2.24) is 0 Å². The minimum Gasteiger partial charge on any atom is -0.462 e. The largest absolute Gasteiger partial charge is 0.462 e. The van der Waals surface area contributed by atoms with Crippen LogP contribution in [0.5, 0.6) is 0 Å². The maximum absolute atomic E-state index is 12.3. The van der Waals surface area contributed by atoms with E-state index in [1.54, 1.807) is 0 Å². The van der Waals surface area contributed by atoms with Crippen LogP contribution in [0.1, 0.15) is 296 Å². The fourth-order valence-corrected chi connectivity index (χ4v) is 8.58. The Kier molecular flexibility index (Phi) is 56.4. The predicted octanol–water partition coefficient (Wildman–Crippen LogP) is 20.0. The van der Waals surface area contributed by atoms with Gasteiger partial charge in [0.25, 0.3) is 0 Å². The van der Waals surface area contributed by atoms with Gasteiger partial charge in [0, 0.05) is 12.8 Å². The molecule has 0 saturated carbocycles. The van der Waals surface area contributed by atoms with Crippen LogP contribution in [0.3, 0.4) is 0 Å². The molecule has 0 bridgehead atoms. The van der Waals surface area contributed by atoms with Crippen LogP contribution in [-0.2, 0) is 19.1 Å². The Morgan fingerprint density at radius 1 is 0.353 bits per heavy atom. The van der Waals surface area contributed by atoms with Gasteiger partial charge in [-0.1, -0.05) is 273 Å². The highest BCUT2D eigenvalue weighted by atomic mass is 16.6. The van der Waals surface area contributed by atoms with Crippen molar-refractivity contribution in [1.29, 1.82) is 0 Å². The SMILES string of the molecule is CC/C=C\C/C=C\C/C=C\C/C=C\C/C=C\CCCCCCCCCCCC(=O)OC(CO)COC(=O)CCCCCCCCCCCCCCCCCCC/C=C\CCCCCCCCCC. The molecule has 68 heavy (non-hydrogen) atoms. The van der Waals surface area contributed by atoms with Gasteiger partial charge in [0.2, 0.25) is 0 Å². The van der Waals surface area contributed by atoms with Gasteiger partial charge in [0.15, 0.2) is 6.10 Å². The second-order valence-electron chi connectivity index (χ2n) is 19.7. The van der Waals surface area contributed by atoms with Gasteiger partial charge in [0.05, 0.1) is 6.61 Å². The van der Waals surface area contributed by atoms with E-state index in [1.165, 1.54) is 199 Å². The number of aliphatic hydroxyl groups is 1. The van der Waals surface area contributed by atoms with Crippen LogP contribution in [0, 0.1) is 0 Å². The summed E-state index contributed by atoms with van der Waals surface area (Å²) in [4.78, 5) is 24.6. The van der Waals surface area contributed by atoms with E-state index in [0.717, 1.165) is 70.6 Å². The molecule has 0 heterocycles. The number of carbonyl (C=O) groups excluding carboxylic acids is 2. The van der Waals surface area contributed by atoms with E-state index in [-0.39, 0.29) is 25.2 Å². The number of hydrogen-bond acceptors (Lipinski definition) is 5. The van der Waals surface area contributed by atoms with Crippen LogP contribution in [0.2, 0.25) is 0 Å². The summed E-state index contributed by atoms with van der Waals surface area (Å²) in [6.45, 7) is 4.05. The molecule has 1 atom stereocenters. The topological polar surface area (TPSA) is 72.8 Å². The van der Waals surface area contributed by atoms with Gasteiger partial charge in [-0.05, 0) is 83.5 Å². The Balaban J connectivity index is 3.47. The first-order valence-corrected chi connectivity index (χ1v) is 29.5. The average molecular weight is 950 g/mol. The minimum absolute atomic E-state index is 0.0683. The highest BCUT2D eigenvalue weighted by Crippen LogP contribution is 2.17. The zero-order valence-corrected chi connectivity index (χ0v) is 45.1. The van der Waals surface area contributed by atoms with Crippen molar-refractivity contribution in [3.05, 3.63) is 72.9 Å². The number of hydrogen-bond donors (Lipinski definition) is 1. The maximum Gasteiger partial charge on any atom is 0.306 e. The van der Waals surface area contributed by atoms with Gasteiger partial charge in [0.1, 0.15) is 6.61 Å². The molecule has 1 unspecified atom stereocenters. The number of esters is 2. The molecule has 0 rings (SSSR count). The van der Waals surface area contributed by atoms with E-state index in [2.05, 4.69) is 86.8 Å². The van der Waals surface area contributed by atoms with E-state index in [1.807, 2.05) is 0 Å². The van der Waals surface area contributed by atoms with E-state index < -0.39 is 6.10 Å². The van der Waals surface area contributed by atoms with E-state index in [0.29, 0.717) is 12.8 Å². The van der Waals surface area contributed by atoms with Gasteiger partial charge in [-0.3, -0.25) is 9.59 Å². The number of unbranched alkanes of at least 4 members (excludes halogenated alkanes) is 34. The number of ether oxygens (including phenoxy) is 2. The molecule has 0 aromatic carbocycles. The lowest BCUT2D eigenvalue weighted by molar-refractivity contribution is -0.161. The Bertz CT molecular complexity index is 1210. The second-order valence-corrected chi connectivity index (χ2v) is 19.7. The van der Waals surface area contributed by atoms with Crippen LogP contribution in [0.25, 0.3) is 0 Å². The molecule has 0 radical (unpaired) electrons. The maximum atomic E-state index is 12.3. The fourth-order valence-electron chi connectivity index (χ4n) is 8.58. The van der Waals surface area contributed by atoms with Crippen LogP contribution in [0.4, 0.5) is 0 Å². The van der Waals surface area contributed by atoms with Crippen molar-refractivity contribution in [2.24, 2.45) is 0 Å². The molecule has 0 aromatic heterocycles. The Morgan fingerprint density at radius 2 is 0.632 bits per heavy atom. The van der Waals surface area contributed by atoms with E-state index in [9.17, 15) is 14.7 Å². The highest BCUT2D eigenvalue weighted by Gasteiger charge is 2.16. The quantitative estimate of drug-likeness (QED) is 0.0374. The smallest absolute Gasteiger partial charge is 0.306 e. The van der Waals surface area contributed by atoms with Crippen molar-refractivity contribution in [2.75, 3.05) is 13.2 Å². The molecule has 0 fully saturated rings. The molecule has 0 aliphatic heterocycles. The summed E-state index contributed by atoms with van der Waals surface area (Å²) in [7, 11) is 0. The molecule has 0 spiro atoms. The zero-order valence-electron chi connectivity index (χ0n) is 45.1. The van der Waals surface area contributed by atoms with Crippen molar-refractivity contribution >= 4 is 11.9 Å². The summed E-state index contributed by atoms with van der Waals surface area (Å²) in [5, 5.41) is 9.66. The highest BCUT2D eigenvalue weighted by molar-refractivity contribution is 5.70. The van der Waals surface area contributed by atoms with Crippen LogP contribution >= 0.6 is 0 Å². The summed E-state index contributed by atoms with van der Waals surface area (Å²) in [5.41, 5.74) is 0. The van der Waals surface area contributed by atoms with Crippen molar-refractivity contribution in [2.45, 2.75) is 302 Å². The molecule has 0 saturated heterocycles. The third-order valence-corrected chi connectivity index (χ3v) is 13.0. The monoisotopic (exact) mass is 949 g/mol. The molecule has 0 amide bonds. The molecule has 0 aliphatic rings. The van der Waals surface area contributed by atoms with Crippen LogP contribution in [0.15, 0.2) is 72.9 Å². The summed E-state index contributed by atoms with van der Waals surface area (Å²) in [5.74, 6) is -0.588. The molecule has 5 nitrogen and oxygen atoms in total. The Hall–Kier alpha value is -2.66. The predicted molar refractivity (Wildman–Crippen MR) is 297 cm³/mol. The third-order valence-electron chi connectivity index (χ3n) is 13.0. The first kappa shape index (κ1) is 65.3. The van der Waals surface area contributed by atoms with Crippen LogP contribution in [-0.4, -0.2) is 36.4 Å². The molecule has 1 N–H and O–H groups in total. The van der Waals surface area contributed by atoms with Crippen LogP contribution < -0.4 is 0 Å². The van der Waals surface area contributed by atoms with Crippen molar-refractivity contribution in [3.8, 4) is 0 Å². The number of rotatable bonds is 54. The zero-order chi connectivity index (χ0) is 49.2. The molecule has 0 aliphatic carbocycles. The molecule has 5 heteroatoms. The normalized spacial score (nSPS) is 12.7. The number of aliphatic hydroxyl groups excluding tert-OH is 1. The third kappa shape index (κ3) is 55.9. The lowest BCUT2D eigenvalue weighted by Crippen LogP contribution is -2.28. The van der Waals surface area contributed by atoms with Gasteiger partial charge in [-0.15, -0.1) is 0 Å². The van der Waals surface area contributed by atoms with E-state index >= 15 is 0 Å². The van der Waals surface area contributed by atoms with Gasteiger partial charge in [-0.25, -0.2) is 0 Å². The van der Waals surface area contributed by atoms with Gasteiger partial charge in [-0.2, -0.15) is 0 Å². The molecule has 0 aromatic rings. The molecule has 394 valence electrons. The first-order chi connectivity index (χ1) is 33.6. The number of carbonyl (C=O) groups is 2. The Labute approximate surface area is 423 Å². The first-order valence-electron chi connectivity index (χ1n) is 29.5. The summed E-state index contributed by atoms with van der Waals surface area (Å²) >= 11 is 0. The molecular formula is C63H112O5. The summed E-state index contributed by atoms with van der Waals surface area (Å²) in [6, 6.07) is 0. The standard InChI is InChI=1S/C63H112O5/c1-3-5-7-9-11-13-15-17-19-21-23-25-27-29-30-31-32-34-35-37-39-41-43-45-47-49-51-53-55-57-62(65)67-60-61(59-64)68-63(66)58-56-54-52-50-48-46-44-42-40-38-36-33-28-26-24-22-20-18-16-14-12-10-8-6-4-2/h6,8,12,14,18,20-21,23-24,26,33,36,61,64H,3-5,7,9-11,13,15-17,19,22,25,27-32,34-35,37-60H2,1-2H3/b8-6-,14-12-,20-18-,23-21-,26-24-,36-33-. The van der Waals surface area contributed by atoms with Crippen molar-refractivity contribution < 1.29 is 24.2 Å². The minimum atomic E-state index is -0.779. The molecular weight excluding hydrogens is 837 g/mol. The fraction of sp³-hybridized carbons (Fsp3) is 0.778. The van der Waals surface area contributed by atoms with Crippen molar-refractivity contribution in [3.63, 3.8) is 0 Å². The number of allylic oxidation sites excluding steroid dienone is 12. The van der Waals surface area contributed by atoms with Gasteiger partial charge >= 0.3 is 11.9 Å². The average Bonchev–Trinajstić information content (AvgIpc) is 3.34. The lowest BCUT2D eigenvalue weighted by atomic mass is 10.0.